The third-order valence-corrected chi connectivity index (χ3v) is 7.42. The SMILES string of the molecule is O=C(NCc1n[nH]c(=S)n1C1CC1)c1ccc(F)c(S(=O)(=O)N2CCCCC2)c1. The van der Waals surface area contributed by atoms with Crippen molar-refractivity contribution in [1.29, 1.82) is 0 Å². The Hall–Kier alpha value is -2.11. The normalized spacial score (nSPS) is 18.0. The zero-order valence-electron chi connectivity index (χ0n) is 15.7. The van der Waals surface area contributed by atoms with Gasteiger partial charge in [-0.15, -0.1) is 0 Å². The summed E-state index contributed by atoms with van der Waals surface area (Å²) in [6.45, 7) is 0.859. The molecule has 8 nitrogen and oxygen atoms in total. The summed E-state index contributed by atoms with van der Waals surface area (Å²) in [5.74, 6) is -0.757. The van der Waals surface area contributed by atoms with E-state index >= 15 is 0 Å². The van der Waals surface area contributed by atoms with E-state index in [0.29, 0.717) is 29.7 Å². The first-order chi connectivity index (χ1) is 13.9. The van der Waals surface area contributed by atoms with Crippen LogP contribution in [-0.2, 0) is 16.6 Å². The molecule has 1 saturated heterocycles. The molecule has 1 aliphatic carbocycles. The van der Waals surface area contributed by atoms with Crippen LogP contribution in [0.15, 0.2) is 23.1 Å². The van der Waals surface area contributed by atoms with E-state index < -0.39 is 26.6 Å². The van der Waals surface area contributed by atoms with E-state index in [0.717, 1.165) is 44.2 Å². The van der Waals surface area contributed by atoms with Gasteiger partial charge in [0.2, 0.25) is 10.0 Å². The van der Waals surface area contributed by atoms with Gasteiger partial charge in [-0.25, -0.2) is 12.8 Å². The minimum atomic E-state index is -3.98. The van der Waals surface area contributed by atoms with Crippen molar-refractivity contribution in [3.8, 4) is 0 Å². The van der Waals surface area contributed by atoms with Gasteiger partial charge in [0.05, 0.1) is 6.54 Å². The second-order valence-corrected chi connectivity index (χ2v) is 9.63. The van der Waals surface area contributed by atoms with Gasteiger partial charge in [-0.2, -0.15) is 9.40 Å². The summed E-state index contributed by atoms with van der Waals surface area (Å²) < 4.78 is 43.6. The van der Waals surface area contributed by atoms with Crippen LogP contribution in [0.25, 0.3) is 0 Å². The van der Waals surface area contributed by atoms with E-state index in [2.05, 4.69) is 15.5 Å². The van der Waals surface area contributed by atoms with E-state index in [-0.39, 0.29) is 12.1 Å². The van der Waals surface area contributed by atoms with E-state index in [9.17, 15) is 17.6 Å². The topological polar surface area (TPSA) is 100 Å². The minimum absolute atomic E-state index is 0.0779. The molecule has 0 spiro atoms. The van der Waals surface area contributed by atoms with Crippen molar-refractivity contribution in [3.05, 3.63) is 40.2 Å². The lowest BCUT2D eigenvalue weighted by atomic mass is 10.2. The summed E-state index contributed by atoms with van der Waals surface area (Å²) in [5, 5.41) is 9.58. The molecule has 2 aromatic rings. The number of halogens is 1. The van der Waals surface area contributed by atoms with Gasteiger partial charge in [0, 0.05) is 24.7 Å². The molecule has 1 aromatic carbocycles. The van der Waals surface area contributed by atoms with Gasteiger partial charge in [-0.1, -0.05) is 6.42 Å². The molecular formula is C18H22FN5O3S2. The number of aromatic amines is 1. The molecule has 2 heterocycles. The van der Waals surface area contributed by atoms with Gasteiger partial charge >= 0.3 is 0 Å². The molecule has 156 valence electrons. The standard InChI is InChI=1S/C18H22FN5O3S2/c19-14-7-4-12(10-15(14)29(26,27)23-8-2-1-3-9-23)17(25)20-11-16-21-22-18(28)24(16)13-5-6-13/h4,7,10,13H,1-3,5-6,8-9,11H2,(H,20,25)(H,22,28). The first-order valence-electron chi connectivity index (χ1n) is 9.61. The number of hydrogen-bond donors (Lipinski definition) is 2. The van der Waals surface area contributed by atoms with Crippen molar-refractivity contribution in [1.82, 2.24) is 24.4 Å². The largest absolute Gasteiger partial charge is 0.345 e. The molecule has 29 heavy (non-hydrogen) atoms. The summed E-state index contributed by atoms with van der Waals surface area (Å²) >= 11 is 5.22. The molecule has 1 saturated carbocycles. The van der Waals surface area contributed by atoms with Gasteiger partial charge in [-0.3, -0.25) is 14.5 Å². The number of sulfonamides is 1. The zero-order valence-corrected chi connectivity index (χ0v) is 17.4. The number of piperidine rings is 1. The summed E-state index contributed by atoms with van der Waals surface area (Å²) in [5.41, 5.74) is 0.0779. The van der Waals surface area contributed by atoms with Gasteiger partial charge in [0.1, 0.15) is 10.7 Å². The van der Waals surface area contributed by atoms with Crippen molar-refractivity contribution in [2.45, 2.75) is 49.6 Å². The highest BCUT2D eigenvalue weighted by molar-refractivity contribution is 7.89. The quantitative estimate of drug-likeness (QED) is 0.674. The first kappa shape index (κ1) is 20.2. The third-order valence-electron chi connectivity index (χ3n) is 5.22. The summed E-state index contributed by atoms with van der Waals surface area (Å²) in [6.07, 6.45) is 4.49. The number of benzene rings is 1. The summed E-state index contributed by atoms with van der Waals surface area (Å²) in [7, 11) is -3.98. The number of carbonyl (C=O) groups excluding carboxylic acids is 1. The van der Waals surface area contributed by atoms with Gasteiger partial charge in [0.25, 0.3) is 5.91 Å². The predicted molar refractivity (Wildman–Crippen MR) is 106 cm³/mol. The first-order valence-corrected chi connectivity index (χ1v) is 11.5. The molecule has 0 radical (unpaired) electrons. The van der Waals surface area contributed by atoms with Crippen LogP contribution in [0.3, 0.4) is 0 Å². The van der Waals surface area contributed by atoms with Crippen LogP contribution in [0, 0.1) is 10.6 Å². The third kappa shape index (κ3) is 4.12. The number of aromatic nitrogens is 3. The Labute approximate surface area is 173 Å². The van der Waals surface area contributed by atoms with Crippen LogP contribution in [0.5, 0.6) is 0 Å². The Kier molecular flexibility index (Phi) is 5.54. The second kappa shape index (κ2) is 7.96. The van der Waals surface area contributed by atoms with Gasteiger partial charge < -0.3 is 5.32 Å². The van der Waals surface area contributed by atoms with Crippen LogP contribution < -0.4 is 5.32 Å². The Balaban J connectivity index is 1.52. The van der Waals surface area contributed by atoms with Crippen molar-refractivity contribution >= 4 is 28.1 Å². The molecule has 0 unspecified atom stereocenters. The number of hydrogen-bond acceptors (Lipinski definition) is 5. The second-order valence-electron chi connectivity index (χ2n) is 7.34. The molecule has 2 fully saturated rings. The molecule has 1 aromatic heterocycles. The maximum Gasteiger partial charge on any atom is 0.251 e. The highest BCUT2D eigenvalue weighted by atomic mass is 32.2. The number of H-pyrrole nitrogens is 1. The maximum atomic E-state index is 14.3. The number of carbonyl (C=O) groups is 1. The summed E-state index contributed by atoms with van der Waals surface area (Å²) in [6, 6.07) is 3.71. The molecule has 0 bridgehead atoms. The average molecular weight is 440 g/mol. The minimum Gasteiger partial charge on any atom is -0.345 e. The van der Waals surface area contributed by atoms with Crippen LogP contribution in [0.2, 0.25) is 0 Å². The zero-order chi connectivity index (χ0) is 20.6. The Bertz CT molecular complexity index is 1090. The van der Waals surface area contributed by atoms with Crippen LogP contribution in [0.1, 0.15) is 54.3 Å². The van der Waals surface area contributed by atoms with Crippen molar-refractivity contribution in [2.24, 2.45) is 0 Å². The monoisotopic (exact) mass is 439 g/mol. The molecule has 4 rings (SSSR count). The fraction of sp³-hybridized carbons (Fsp3) is 0.500. The van der Waals surface area contributed by atoms with Crippen LogP contribution in [0.4, 0.5) is 4.39 Å². The molecule has 2 N–H and O–H groups in total. The van der Waals surface area contributed by atoms with E-state index in [1.807, 2.05) is 4.57 Å². The van der Waals surface area contributed by atoms with Crippen molar-refractivity contribution in [3.63, 3.8) is 0 Å². The Morgan fingerprint density at radius 3 is 2.69 bits per heavy atom. The Morgan fingerprint density at radius 1 is 1.28 bits per heavy atom. The molecule has 1 amide bonds. The maximum absolute atomic E-state index is 14.3. The highest BCUT2D eigenvalue weighted by Gasteiger charge is 2.30. The van der Waals surface area contributed by atoms with E-state index in [4.69, 9.17) is 12.2 Å². The number of rotatable bonds is 6. The van der Waals surface area contributed by atoms with E-state index in [1.54, 1.807) is 0 Å². The lowest BCUT2D eigenvalue weighted by Crippen LogP contribution is -2.36. The lowest BCUT2D eigenvalue weighted by Gasteiger charge is -2.26. The molecule has 2 aliphatic rings. The van der Waals surface area contributed by atoms with Crippen molar-refractivity contribution < 1.29 is 17.6 Å². The average Bonchev–Trinajstić information content (AvgIpc) is 3.49. The molecule has 1 aliphatic heterocycles. The van der Waals surface area contributed by atoms with Crippen molar-refractivity contribution in [2.75, 3.05) is 13.1 Å². The molecule has 0 atom stereocenters. The van der Waals surface area contributed by atoms with Crippen LogP contribution >= 0.6 is 12.2 Å². The highest BCUT2D eigenvalue weighted by Crippen LogP contribution is 2.35. The number of nitrogens with one attached hydrogen (secondary N) is 2. The predicted octanol–water partition coefficient (Wildman–Crippen LogP) is 2.52. The Morgan fingerprint density at radius 2 is 2.00 bits per heavy atom. The fourth-order valence-corrected chi connectivity index (χ4v) is 5.43. The van der Waals surface area contributed by atoms with E-state index in [1.165, 1.54) is 10.4 Å². The molecule has 11 heteroatoms. The number of amides is 1. The smallest absolute Gasteiger partial charge is 0.251 e. The number of nitrogens with zero attached hydrogens (tertiary/aromatic N) is 3. The fourth-order valence-electron chi connectivity index (χ4n) is 3.52. The van der Waals surface area contributed by atoms with Crippen LogP contribution in [-0.4, -0.2) is 46.5 Å². The summed E-state index contributed by atoms with van der Waals surface area (Å²) in [4.78, 5) is 12.1. The van der Waals surface area contributed by atoms with Gasteiger partial charge in [-0.05, 0) is 56.1 Å². The van der Waals surface area contributed by atoms with Gasteiger partial charge in [0.15, 0.2) is 10.6 Å². The lowest BCUT2D eigenvalue weighted by molar-refractivity contribution is 0.0949. The molecular weight excluding hydrogens is 417 g/mol.